The summed E-state index contributed by atoms with van der Waals surface area (Å²) in [5, 5.41) is 5.83. The zero-order valence-corrected chi connectivity index (χ0v) is 10.9. The van der Waals surface area contributed by atoms with Gasteiger partial charge in [-0.2, -0.15) is 5.10 Å². The van der Waals surface area contributed by atoms with Gasteiger partial charge in [-0.05, 0) is 31.0 Å². The number of hydrogen-bond acceptors (Lipinski definition) is 1. The van der Waals surface area contributed by atoms with Crippen LogP contribution in [0.3, 0.4) is 0 Å². The first-order valence-corrected chi connectivity index (χ1v) is 6.00. The summed E-state index contributed by atoms with van der Waals surface area (Å²) in [7, 11) is 0. The normalized spacial score (nSPS) is 11.5. The highest BCUT2D eigenvalue weighted by Crippen LogP contribution is 2.22. The Balaban J connectivity index is 2.54. The predicted molar refractivity (Wildman–Crippen MR) is 67.0 cm³/mol. The largest absolute Gasteiger partial charge is 0.268 e. The Kier molecular flexibility index (Phi) is 2.83. The molecule has 0 radical (unpaired) electrons. The minimum Gasteiger partial charge on any atom is -0.268 e. The zero-order valence-electron chi connectivity index (χ0n) is 9.29. The first-order chi connectivity index (χ1) is 7.08. The second-order valence-corrected chi connectivity index (χ2v) is 5.24. The Morgan fingerprint density at radius 3 is 2.80 bits per heavy atom. The fourth-order valence-corrected chi connectivity index (χ4v) is 2.11. The molecule has 0 unspecified atom stereocenters. The van der Waals surface area contributed by atoms with Crippen LogP contribution in [0.25, 0.3) is 10.9 Å². The maximum Gasteiger partial charge on any atom is 0.0926 e. The molecule has 0 N–H and O–H groups in total. The van der Waals surface area contributed by atoms with Crippen LogP contribution in [0.2, 0.25) is 0 Å². The van der Waals surface area contributed by atoms with Crippen LogP contribution in [-0.2, 0) is 6.54 Å². The van der Waals surface area contributed by atoms with E-state index in [1.54, 1.807) is 0 Å². The van der Waals surface area contributed by atoms with Crippen LogP contribution in [0.15, 0.2) is 22.7 Å². The van der Waals surface area contributed by atoms with Crippen LogP contribution in [-0.4, -0.2) is 9.78 Å². The van der Waals surface area contributed by atoms with Gasteiger partial charge in [0.1, 0.15) is 0 Å². The van der Waals surface area contributed by atoms with Gasteiger partial charge in [0.25, 0.3) is 0 Å². The Hall–Kier alpha value is -0.830. The van der Waals surface area contributed by atoms with Crippen molar-refractivity contribution in [2.45, 2.75) is 27.3 Å². The average Bonchev–Trinajstić information content (AvgIpc) is 2.44. The van der Waals surface area contributed by atoms with Gasteiger partial charge in [0.2, 0.25) is 0 Å². The smallest absolute Gasteiger partial charge is 0.0926 e. The number of nitrogens with zero attached hydrogens (tertiary/aromatic N) is 2. The number of benzene rings is 1. The molecule has 1 heterocycles. The summed E-state index contributed by atoms with van der Waals surface area (Å²) in [5.74, 6) is 0.626. The summed E-state index contributed by atoms with van der Waals surface area (Å²) in [6.45, 7) is 7.53. The van der Waals surface area contributed by atoms with Crippen molar-refractivity contribution >= 4 is 26.8 Å². The van der Waals surface area contributed by atoms with Crippen molar-refractivity contribution in [1.29, 1.82) is 0 Å². The van der Waals surface area contributed by atoms with E-state index in [0.717, 1.165) is 16.5 Å². The molecule has 1 aromatic heterocycles. The highest BCUT2D eigenvalue weighted by atomic mass is 79.9. The quantitative estimate of drug-likeness (QED) is 0.810. The molecule has 80 valence electrons. The molecule has 3 heteroatoms. The third-order valence-corrected chi connectivity index (χ3v) is 3.00. The molecule has 0 aliphatic carbocycles. The van der Waals surface area contributed by atoms with Gasteiger partial charge in [-0.15, -0.1) is 0 Å². The van der Waals surface area contributed by atoms with Crippen molar-refractivity contribution in [2.24, 2.45) is 5.92 Å². The first kappa shape index (κ1) is 10.7. The number of rotatable bonds is 2. The molecule has 0 bridgehead atoms. The summed E-state index contributed by atoms with van der Waals surface area (Å²) in [6, 6.07) is 6.23. The van der Waals surface area contributed by atoms with Gasteiger partial charge in [0.15, 0.2) is 0 Å². The average molecular weight is 267 g/mol. The van der Waals surface area contributed by atoms with Crippen LogP contribution in [0.4, 0.5) is 0 Å². The third-order valence-electron chi connectivity index (χ3n) is 2.50. The van der Waals surface area contributed by atoms with Crippen molar-refractivity contribution in [3.05, 3.63) is 28.4 Å². The highest BCUT2D eigenvalue weighted by Gasteiger charge is 2.08. The van der Waals surface area contributed by atoms with Crippen LogP contribution in [0.5, 0.6) is 0 Å². The highest BCUT2D eigenvalue weighted by molar-refractivity contribution is 9.10. The van der Waals surface area contributed by atoms with Crippen molar-refractivity contribution in [3.8, 4) is 0 Å². The molecule has 2 nitrogen and oxygen atoms in total. The van der Waals surface area contributed by atoms with E-state index in [1.165, 1.54) is 11.1 Å². The summed E-state index contributed by atoms with van der Waals surface area (Å²) in [4.78, 5) is 0. The van der Waals surface area contributed by atoms with Crippen molar-refractivity contribution in [2.75, 3.05) is 0 Å². The van der Waals surface area contributed by atoms with Crippen LogP contribution in [0, 0.1) is 12.8 Å². The second kappa shape index (κ2) is 3.97. The van der Waals surface area contributed by atoms with Crippen LogP contribution < -0.4 is 0 Å². The Morgan fingerprint density at radius 2 is 2.13 bits per heavy atom. The fourth-order valence-electron chi connectivity index (χ4n) is 1.75. The number of fused-ring (bicyclic) bond motifs is 1. The molecule has 0 saturated carbocycles. The summed E-state index contributed by atoms with van der Waals surface area (Å²) in [5.41, 5.74) is 2.33. The molecular formula is C12H15BrN2. The fraction of sp³-hybridized carbons (Fsp3) is 0.417. The van der Waals surface area contributed by atoms with E-state index in [4.69, 9.17) is 0 Å². The third kappa shape index (κ3) is 2.07. The van der Waals surface area contributed by atoms with E-state index in [0.29, 0.717) is 5.92 Å². The van der Waals surface area contributed by atoms with Crippen molar-refractivity contribution in [1.82, 2.24) is 9.78 Å². The molecule has 0 atom stereocenters. The first-order valence-electron chi connectivity index (χ1n) is 5.20. The lowest BCUT2D eigenvalue weighted by atomic mass is 10.2. The van der Waals surface area contributed by atoms with Crippen molar-refractivity contribution < 1.29 is 0 Å². The van der Waals surface area contributed by atoms with Gasteiger partial charge in [-0.25, -0.2) is 0 Å². The monoisotopic (exact) mass is 266 g/mol. The molecule has 0 spiro atoms. The minimum atomic E-state index is 0.626. The van der Waals surface area contributed by atoms with E-state index in [-0.39, 0.29) is 0 Å². The van der Waals surface area contributed by atoms with Gasteiger partial charge in [0.05, 0.1) is 5.52 Å². The standard InChI is InChI=1S/C12H15BrN2/c1-8(2)7-15-9(3)11-6-10(13)4-5-12(11)14-15/h4-6,8H,7H2,1-3H3. The van der Waals surface area contributed by atoms with Crippen LogP contribution >= 0.6 is 15.9 Å². The lowest BCUT2D eigenvalue weighted by Crippen LogP contribution is -2.07. The molecule has 2 aromatic rings. The maximum absolute atomic E-state index is 4.59. The van der Waals surface area contributed by atoms with Gasteiger partial charge in [-0.3, -0.25) is 4.68 Å². The van der Waals surface area contributed by atoms with E-state index in [9.17, 15) is 0 Å². The molecule has 2 rings (SSSR count). The van der Waals surface area contributed by atoms with E-state index >= 15 is 0 Å². The number of halogens is 1. The maximum atomic E-state index is 4.59. The summed E-state index contributed by atoms with van der Waals surface area (Å²) >= 11 is 3.49. The minimum absolute atomic E-state index is 0.626. The molecule has 0 amide bonds. The second-order valence-electron chi connectivity index (χ2n) is 4.32. The molecule has 15 heavy (non-hydrogen) atoms. The Labute approximate surface area is 98.4 Å². The molecule has 0 fully saturated rings. The van der Waals surface area contributed by atoms with E-state index < -0.39 is 0 Å². The number of aromatic nitrogens is 2. The lowest BCUT2D eigenvalue weighted by molar-refractivity contribution is 0.478. The molecule has 0 aliphatic heterocycles. The summed E-state index contributed by atoms with van der Waals surface area (Å²) in [6.07, 6.45) is 0. The Morgan fingerprint density at radius 1 is 1.40 bits per heavy atom. The lowest BCUT2D eigenvalue weighted by Gasteiger charge is -2.06. The van der Waals surface area contributed by atoms with Gasteiger partial charge >= 0.3 is 0 Å². The van der Waals surface area contributed by atoms with Crippen LogP contribution in [0.1, 0.15) is 19.5 Å². The molecule has 0 aliphatic rings. The SMILES string of the molecule is Cc1c2cc(Br)ccc2nn1CC(C)C. The number of hydrogen-bond donors (Lipinski definition) is 0. The Bertz CT molecular complexity index is 486. The van der Waals surface area contributed by atoms with Gasteiger partial charge < -0.3 is 0 Å². The van der Waals surface area contributed by atoms with E-state index in [2.05, 4.69) is 58.6 Å². The molecule has 0 saturated heterocycles. The van der Waals surface area contributed by atoms with Gasteiger partial charge in [0, 0.05) is 22.1 Å². The summed E-state index contributed by atoms with van der Waals surface area (Å²) < 4.78 is 3.21. The molecule has 1 aromatic carbocycles. The van der Waals surface area contributed by atoms with E-state index in [1.807, 2.05) is 6.07 Å². The predicted octanol–water partition coefficient (Wildman–Crippen LogP) is 3.76. The topological polar surface area (TPSA) is 17.8 Å². The van der Waals surface area contributed by atoms with Gasteiger partial charge in [-0.1, -0.05) is 29.8 Å². The zero-order chi connectivity index (χ0) is 11.0. The van der Waals surface area contributed by atoms with Crippen molar-refractivity contribution in [3.63, 3.8) is 0 Å². The molecular weight excluding hydrogens is 252 g/mol. The number of aryl methyl sites for hydroxylation is 1.